The Bertz CT molecular complexity index is 174. The second-order valence-electron chi connectivity index (χ2n) is 2.13. The summed E-state index contributed by atoms with van der Waals surface area (Å²) in [6.45, 7) is 2.87. The van der Waals surface area contributed by atoms with Crippen molar-refractivity contribution in [3.05, 3.63) is 0 Å². The van der Waals surface area contributed by atoms with Crippen LogP contribution < -0.4 is 34.7 Å². The van der Waals surface area contributed by atoms with Gasteiger partial charge in [-0.15, -0.1) is 0 Å². The Balaban J connectivity index is 0. The Kier molecular flexibility index (Phi) is 6.31. The predicted octanol–water partition coefficient (Wildman–Crippen LogP) is -3.78. The van der Waals surface area contributed by atoms with Gasteiger partial charge in [-0.25, -0.2) is 8.42 Å². The molecule has 0 aromatic carbocycles. The van der Waals surface area contributed by atoms with Gasteiger partial charge in [0, 0.05) is 5.44 Å². The maximum absolute atomic E-state index is 10.4. The molecule has 0 saturated carbocycles. The molecule has 0 bridgehead atoms. The molecule has 0 aromatic heterocycles. The largest absolute Gasteiger partial charge is 1.00 e. The van der Waals surface area contributed by atoms with Crippen molar-refractivity contribution < 1.29 is 47.6 Å². The second-order valence-corrected chi connectivity index (χ2v) is 3.62. The summed E-state index contributed by atoms with van der Waals surface area (Å²) in [5.41, 5.74) is -1.91. The minimum absolute atomic E-state index is 0. The predicted molar refractivity (Wildman–Crippen MR) is 30.2 cm³/mol. The maximum Gasteiger partial charge on any atom is 1.00 e. The molecule has 10 heavy (non-hydrogen) atoms. The molecule has 0 spiro atoms. The van der Waals surface area contributed by atoms with Gasteiger partial charge in [0.1, 0.15) is 0 Å². The van der Waals surface area contributed by atoms with E-state index in [1.807, 2.05) is 0 Å². The Morgan fingerprint density at radius 2 is 1.70 bits per heavy atom. The number of hydrogen-bond donors (Lipinski definition) is 1. The van der Waals surface area contributed by atoms with Crippen molar-refractivity contribution in [1.82, 2.24) is 0 Å². The topological polar surface area (TPSA) is 77.4 Å². The third-order valence-electron chi connectivity index (χ3n) is 0.838. The monoisotopic (exact) mass is 176 g/mol. The van der Waals surface area contributed by atoms with E-state index in [-0.39, 0.29) is 29.6 Å². The molecule has 0 amide bonds. The van der Waals surface area contributed by atoms with E-state index in [2.05, 4.69) is 0 Å². The van der Waals surface area contributed by atoms with Crippen molar-refractivity contribution in [2.75, 3.05) is 0 Å². The molecule has 0 aliphatic heterocycles. The molecular weight excluding hydrogens is 167 g/mol. The van der Waals surface area contributed by atoms with Crippen LogP contribution >= 0.6 is 0 Å². The van der Waals surface area contributed by atoms with Gasteiger partial charge in [0.2, 0.25) is 0 Å². The van der Waals surface area contributed by atoms with Gasteiger partial charge in [-0.3, -0.25) is 4.55 Å². The van der Waals surface area contributed by atoms with Crippen LogP contribution in [0.5, 0.6) is 0 Å². The fraction of sp³-hybridized carbons (Fsp3) is 1.00. The van der Waals surface area contributed by atoms with E-state index in [9.17, 15) is 13.5 Å². The van der Waals surface area contributed by atoms with E-state index in [0.717, 1.165) is 0 Å². The van der Waals surface area contributed by atoms with Gasteiger partial charge in [0.05, 0.1) is 0 Å². The summed E-state index contributed by atoms with van der Waals surface area (Å²) in [4.78, 5) is 0. The van der Waals surface area contributed by atoms with Crippen LogP contribution in [0.3, 0.4) is 0 Å². The maximum atomic E-state index is 10.4. The zero-order valence-corrected chi connectivity index (χ0v) is 9.05. The van der Waals surface area contributed by atoms with E-state index in [1.54, 1.807) is 0 Å². The van der Waals surface area contributed by atoms with Gasteiger partial charge >= 0.3 is 29.6 Å². The summed E-state index contributed by atoms with van der Waals surface area (Å²) in [7, 11) is -4.36. The minimum atomic E-state index is -4.36. The molecule has 6 heteroatoms. The molecule has 1 atom stereocenters. The molecule has 0 fully saturated rings. The van der Waals surface area contributed by atoms with Crippen molar-refractivity contribution in [1.29, 1.82) is 0 Å². The molecule has 0 radical (unpaired) electrons. The van der Waals surface area contributed by atoms with Crippen LogP contribution in [0.2, 0.25) is 0 Å². The average Bonchev–Trinajstić information content (AvgIpc) is 1.62. The van der Waals surface area contributed by atoms with Gasteiger partial charge < -0.3 is 5.11 Å². The third-order valence-corrected chi connectivity index (χ3v) is 1.97. The summed E-state index contributed by atoms with van der Waals surface area (Å²) in [6, 6.07) is 0. The fourth-order valence-corrected chi connectivity index (χ4v) is 1.03. The Morgan fingerprint density at radius 3 is 1.70 bits per heavy atom. The molecule has 0 heterocycles. The van der Waals surface area contributed by atoms with Crippen LogP contribution in [0.1, 0.15) is 13.8 Å². The molecule has 0 rings (SSSR count). The van der Waals surface area contributed by atoms with Crippen molar-refractivity contribution in [2.45, 2.75) is 19.3 Å². The smallest absolute Gasteiger partial charge is 0.839 e. The van der Waals surface area contributed by atoms with E-state index >= 15 is 0 Å². The summed E-state index contributed by atoms with van der Waals surface area (Å²) in [5.74, 6) is -0.583. The summed E-state index contributed by atoms with van der Waals surface area (Å²) < 4.78 is 28.1. The van der Waals surface area contributed by atoms with Crippen molar-refractivity contribution >= 4 is 10.1 Å². The average molecular weight is 176 g/mol. The first-order chi connectivity index (χ1) is 3.85. The van der Waals surface area contributed by atoms with Crippen molar-refractivity contribution in [3.63, 3.8) is 0 Å². The van der Waals surface area contributed by atoms with Gasteiger partial charge in [0.25, 0.3) is 10.1 Å². The van der Waals surface area contributed by atoms with Gasteiger partial charge in [-0.05, 0) is 5.92 Å². The second kappa shape index (κ2) is 4.69. The standard InChI is InChI=1S/C4H9O4S.Na/c1-3(2)4(5)9(6,7)8;/h3-4H,1-2H3,(H,6,7,8);/q-1;+1. The Hall–Kier alpha value is 0.870. The van der Waals surface area contributed by atoms with Crippen molar-refractivity contribution in [3.8, 4) is 0 Å². The van der Waals surface area contributed by atoms with Crippen LogP contribution in [-0.4, -0.2) is 18.4 Å². The van der Waals surface area contributed by atoms with Crippen LogP contribution in [0.4, 0.5) is 0 Å². The molecule has 0 saturated heterocycles. The number of hydrogen-bond acceptors (Lipinski definition) is 3. The quantitative estimate of drug-likeness (QED) is 0.346. The van der Waals surface area contributed by atoms with Gasteiger partial charge in [-0.2, -0.15) is 0 Å². The number of rotatable bonds is 2. The first kappa shape index (κ1) is 13.5. The summed E-state index contributed by atoms with van der Waals surface area (Å²) in [5, 5.41) is 10.4. The van der Waals surface area contributed by atoms with E-state index < -0.39 is 21.5 Å². The van der Waals surface area contributed by atoms with Crippen LogP contribution in [0.25, 0.3) is 0 Å². The molecule has 0 aliphatic carbocycles. The molecule has 56 valence electrons. The third kappa shape index (κ3) is 4.65. The van der Waals surface area contributed by atoms with Gasteiger partial charge in [-0.1, -0.05) is 13.8 Å². The zero-order valence-electron chi connectivity index (χ0n) is 6.23. The molecule has 0 aliphatic rings. The van der Waals surface area contributed by atoms with E-state index in [4.69, 9.17) is 4.55 Å². The molecule has 0 aromatic rings. The molecule has 1 unspecified atom stereocenters. The van der Waals surface area contributed by atoms with Crippen LogP contribution in [-0.2, 0) is 10.1 Å². The summed E-state index contributed by atoms with van der Waals surface area (Å²) in [6.07, 6.45) is 0. The summed E-state index contributed by atoms with van der Waals surface area (Å²) >= 11 is 0. The minimum Gasteiger partial charge on any atom is -0.839 e. The molecule has 4 nitrogen and oxygen atoms in total. The normalized spacial score (nSPS) is 14.5. The van der Waals surface area contributed by atoms with Crippen LogP contribution in [0.15, 0.2) is 0 Å². The SMILES string of the molecule is CC(C)C([O-])S(=O)(=O)O.[Na+]. The molecular formula is C4H9NaO4S. The Labute approximate surface area is 82.7 Å². The van der Waals surface area contributed by atoms with Gasteiger partial charge in [0.15, 0.2) is 0 Å². The molecule has 1 N–H and O–H groups in total. The van der Waals surface area contributed by atoms with E-state index in [0.29, 0.717) is 0 Å². The van der Waals surface area contributed by atoms with Crippen LogP contribution in [0, 0.1) is 5.92 Å². The zero-order chi connectivity index (χ0) is 7.65. The first-order valence-electron chi connectivity index (χ1n) is 2.48. The van der Waals surface area contributed by atoms with E-state index in [1.165, 1.54) is 13.8 Å². The van der Waals surface area contributed by atoms with Crippen molar-refractivity contribution in [2.24, 2.45) is 5.92 Å². The first-order valence-corrected chi connectivity index (χ1v) is 3.98. The fourth-order valence-electron chi connectivity index (χ4n) is 0.344. The Morgan fingerprint density at radius 1 is 1.40 bits per heavy atom.